The number of anilines is 2. The zero-order valence-electron chi connectivity index (χ0n) is 17.2. The van der Waals surface area contributed by atoms with Crippen molar-refractivity contribution in [3.8, 4) is 0 Å². The van der Waals surface area contributed by atoms with Crippen LogP contribution in [0.2, 0.25) is 5.02 Å². The summed E-state index contributed by atoms with van der Waals surface area (Å²) < 4.78 is 0. The average Bonchev–Trinajstić information content (AvgIpc) is 3.43. The third-order valence-corrected chi connectivity index (χ3v) is 7.96. The molecular weight excluding hydrogens is 404 g/mol. The second-order valence-corrected chi connectivity index (χ2v) is 9.61. The topological polar surface area (TPSA) is 41.1 Å². The first-order chi connectivity index (χ1) is 15.2. The van der Waals surface area contributed by atoms with E-state index in [1.807, 2.05) is 24.3 Å². The summed E-state index contributed by atoms with van der Waals surface area (Å²) in [5.41, 5.74) is 5.21. The number of hydrogen-bond donors (Lipinski definition) is 2. The summed E-state index contributed by atoms with van der Waals surface area (Å²) in [5, 5.41) is 7.36. The van der Waals surface area contributed by atoms with Gasteiger partial charge in [0.25, 0.3) is 5.91 Å². The Morgan fingerprint density at radius 3 is 2.55 bits per heavy atom. The van der Waals surface area contributed by atoms with Gasteiger partial charge in [-0.1, -0.05) is 54.1 Å². The molecule has 2 bridgehead atoms. The molecule has 0 radical (unpaired) electrons. The van der Waals surface area contributed by atoms with Crippen molar-refractivity contribution in [2.24, 2.45) is 17.8 Å². The Kier molecular flexibility index (Phi) is 4.53. The van der Waals surface area contributed by atoms with Gasteiger partial charge in [0.1, 0.15) is 0 Å². The van der Waals surface area contributed by atoms with Crippen LogP contribution in [0.25, 0.3) is 0 Å². The molecule has 4 heteroatoms. The maximum absolute atomic E-state index is 13.0. The van der Waals surface area contributed by atoms with E-state index in [1.165, 1.54) is 36.1 Å². The predicted molar refractivity (Wildman–Crippen MR) is 126 cm³/mol. The lowest BCUT2D eigenvalue weighted by molar-refractivity contribution is 0.102. The largest absolute Gasteiger partial charge is 0.378 e. The molecule has 1 heterocycles. The Morgan fingerprint density at radius 1 is 0.935 bits per heavy atom. The second-order valence-electron chi connectivity index (χ2n) is 9.21. The number of carbonyl (C=O) groups is 1. The first-order valence-electron chi connectivity index (χ1n) is 11.2. The first kappa shape index (κ1) is 18.9. The zero-order valence-corrected chi connectivity index (χ0v) is 18.0. The van der Waals surface area contributed by atoms with Crippen molar-refractivity contribution < 1.29 is 4.79 Å². The molecule has 0 spiro atoms. The van der Waals surface area contributed by atoms with Crippen molar-refractivity contribution in [3.05, 3.63) is 94.5 Å². The minimum atomic E-state index is -0.110. The summed E-state index contributed by atoms with van der Waals surface area (Å²) in [6.45, 7) is 0. The van der Waals surface area contributed by atoms with Crippen molar-refractivity contribution in [1.29, 1.82) is 0 Å². The molecular formula is C27H25ClN2O. The minimum Gasteiger partial charge on any atom is -0.378 e. The molecule has 2 fully saturated rings. The van der Waals surface area contributed by atoms with Gasteiger partial charge in [0.05, 0.1) is 16.8 Å². The van der Waals surface area contributed by atoms with Crippen molar-refractivity contribution >= 4 is 28.9 Å². The van der Waals surface area contributed by atoms with Gasteiger partial charge >= 0.3 is 0 Å². The molecule has 2 N–H and O–H groups in total. The van der Waals surface area contributed by atoms with E-state index in [4.69, 9.17) is 11.6 Å². The molecule has 2 saturated carbocycles. The second kappa shape index (κ2) is 7.42. The number of hydrogen-bond acceptors (Lipinski definition) is 2. The molecule has 3 aliphatic rings. The summed E-state index contributed by atoms with van der Waals surface area (Å²) in [4.78, 5) is 13.0. The van der Waals surface area contributed by atoms with Crippen molar-refractivity contribution in [1.82, 2.24) is 0 Å². The smallest absolute Gasteiger partial charge is 0.255 e. The molecule has 3 aromatic carbocycles. The third-order valence-electron chi connectivity index (χ3n) is 7.63. The van der Waals surface area contributed by atoms with Gasteiger partial charge < -0.3 is 10.6 Å². The number of nitrogens with one attached hydrogen (secondary N) is 2. The van der Waals surface area contributed by atoms with Crippen LogP contribution in [-0.2, 0) is 0 Å². The molecule has 2 aliphatic carbocycles. The zero-order chi connectivity index (χ0) is 20.9. The molecule has 3 nitrogen and oxygen atoms in total. The van der Waals surface area contributed by atoms with Crippen LogP contribution in [0.3, 0.4) is 0 Å². The summed E-state index contributed by atoms with van der Waals surface area (Å²) >= 11 is 6.24. The van der Waals surface area contributed by atoms with Crippen molar-refractivity contribution in [2.45, 2.75) is 31.2 Å². The molecule has 1 amide bonds. The van der Waals surface area contributed by atoms with Gasteiger partial charge in [0.15, 0.2) is 0 Å². The number of para-hydroxylation sites is 1. The van der Waals surface area contributed by atoms with E-state index >= 15 is 0 Å². The Hall–Kier alpha value is -2.78. The van der Waals surface area contributed by atoms with Crippen LogP contribution in [0.15, 0.2) is 72.8 Å². The van der Waals surface area contributed by atoms with E-state index in [2.05, 4.69) is 53.1 Å². The van der Waals surface area contributed by atoms with E-state index < -0.39 is 0 Å². The van der Waals surface area contributed by atoms with Gasteiger partial charge in [-0.15, -0.1) is 0 Å². The van der Waals surface area contributed by atoms with Crippen LogP contribution >= 0.6 is 11.6 Å². The third kappa shape index (κ3) is 3.14. The van der Waals surface area contributed by atoms with Gasteiger partial charge in [-0.2, -0.15) is 0 Å². The van der Waals surface area contributed by atoms with Gasteiger partial charge in [-0.3, -0.25) is 4.79 Å². The fourth-order valence-corrected chi connectivity index (χ4v) is 6.56. The van der Waals surface area contributed by atoms with Crippen LogP contribution < -0.4 is 10.6 Å². The van der Waals surface area contributed by atoms with E-state index in [9.17, 15) is 4.79 Å². The lowest BCUT2D eigenvalue weighted by atomic mass is 9.68. The molecule has 31 heavy (non-hydrogen) atoms. The van der Waals surface area contributed by atoms with Gasteiger partial charge in [-0.25, -0.2) is 0 Å². The Balaban J connectivity index is 1.36. The molecule has 0 saturated heterocycles. The fourth-order valence-electron chi connectivity index (χ4n) is 6.37. The maximum Gasteiger partial charge on any atom is 0.255 e. The molecule has 0 aromatic heterocycles. The lowest BCUT2D eigenvalue weighted by Gasteiger charge is -2.43. The number of halogens is 1. The number of benzene rings is 3. The summed E-state index contributed by atoms with van der Waals surface area (Å²) in [5.74, 6) is 2.50. The predicted octanol–water partition coefficient (Wildman–Crippen LogP) is 6.89. The molecule has 5 atom stereocenters. The van der Waals surface area contributed by atoms with Gasteiger partial charge in [0, 0.05) is 11.3 Å². The summed E-state index contributed by atoms with van der Waals surface area (Å²) in [7, 11) is 0. The molecule has 3 aromatic rings. The molecule has 6 rings (SSSR count). The minimum absolute atomic E-state index is 0.110. The highest BCUT2D eigenvalue weighted by molar-refractivity contribution is 6.33. The fraction of sp³-hybridized carbons (Fsp3) is 0.296. The lowest BCUT2D eigenvalue weighted by Crippen LogP contribution is -2.35. The molecule has 1 aliphatic heterocycles. The maximum atomic E-state index is 13.0. The number of carbonyl (C=O) groups excluding carboxylic acids is 1. The Bertz CT molecular complexity index is 1140. The normalized spacial score (nSPS) is 27.8. The average molecular weight is 429 g/mol. The van der Waals surface area contributed by atoms with Crippen molar-refractivity contribution in [2.75, 3.05) is 10.6 Å². The highest BCUT2D eigenvalue weighted by Gasteiger charge is 2.53. The van der Waals surface area contributed by atoms with Crippen LogP contribution in [0.5, 0.6) is 0 Å². The Labute approximate surface area is 187 Å². The van der Waals surface area contributed by atoms with Crippen LogP contribution in [-0.4, -0.2) is 5.91 Å². The van der Waals surface area contributed by atoms with E-state index in [0.29, 0.717) is 34.2 Å². The van der Waals surface area contributed by atoms with Gasteiger partial charge in [0.2, 0.25) is 0 Å². The Morgan fingerprint density at radius 2 is 1.71 bits per heavy atom. The van der Waals surface area contributed by atoms with E-state index in [-0.39, 0.29) is 5.91 Å². The van der Waals surface area contributed by atoms with Crippen molar-refractivity contribution in [3.63, 3.8) is 0 Å². The highest BCUT2D eigenvalue weighted by atomic mass is 35.5. The van der Waals surface area contributed by atoms with Crippen LogP contribution in [0.1, 0.15) is 52.7 Å². The standard InChI is InChI=1S/C27H25ClN2O/c28-21-8-4-5-9-23(21)30-27(31)19-12-13-22-20(15-19)24-17-10-11-18(14-17)25(24)26(29-22)16-6-2-1-3-7-16/h1-9,12-13,15,17-18,24-26,29H,10-11,14H2,(H,30,31)/t17-,18-,24-,25+,26-/m0/s1. The molecule has 0 unspecified atom stereocenters. The monoisotopic (exact) mass is 428 g/mol. The quantitative estimate of drug-likeness (QED) is 0.477. The molecule has 156 valence electrons. The van der Waals surface area contributed by atoms with E-state index in [0.717, 1.165) is 11.8 Å². The van der Waals surface area contributed by atoms with E-state index in [1.54, 1.807) is 6.07 Å². The number of fused-ring (bicyclic) bond motifs is 7. The number of rotatable bonds is 3. The summed E-state index contributed by atoms with van der Waals surface area (Å²) in [6, 6.07) is 24.7. The van der Waals surface area contributed by atoms with Crippen LogP contribution in [0.4, 0.5) is 11.4 Å². The SMILES string of the molecule is O=C(Nc1ccccc1Cl)c1ccc2c(c1)[C@@H]1[C@H]3CC[C@@H](C3)[C@H]1[C@H](c1ccccc1)N2. The summed E-state index contributed by atoms with van der Waals surface area (Å²) in [6.07, 6.45) is 3.96. The first-order valence-corrected chi connectivity index (χ1v) is 11.6. The van der Waals surface area contributed by atoms with Crippen LogP contribution in [0, 0.1) is 17.8 Å². The number of amides is 1. The van der Waals surface area contributed by atoms with Gasteiger partial charge in [-0.05, 0) is 84.4 Å². The highest BCUT2D eigenvalue weighted by Crippen LogP contribution is 2.63.